The lowest BCUT2D eigenvalue weighted by Crippen LogP contribution is -2.32. The van der Waals surface area contributed by atoms with Crippen molar-refractivity contribution in [3.63, 3.8) is 0 Å². The number of nitrogens with zero attached hydrogens (tertiary/aromatic N) is 2. The molecule has 1 aliphatic rings. The molecule has 1 aliphatic heterocycles. The summed E-state index contributed by atoms with van der Waals surface area (Å²) in [6.07, 6.45) is 2.48. The van der Waals surface area contributed by atoms with Gasteiger partial charge in [0.05, 0.1) is 4.92 Å². The zero-order valence-electron chi connectivity index (χ0n) is 14.9. The number of carbonyl (C=O) groups is 1. The zero-order chi connectivity index (χ0) is 18.5. The third-order valence-corrected chi connectivity index (χ3v) is 4.84. The Balaban J connectivity index is 1.62. The molecular formula is C20H23N3O3. The van der Waals surface area contributed by atoms with Crippen molar-refractivity contribution >= 4 is 17.3 Å². The van der Waals surface area contributed by atoms with Crippen molar-refractivity contribution in [3.05, 3.63) is 69.8 Å². The molecule has 1 N–H and O–H groups in total. The molecule has 0 atom stereocenters. The number of nitro groups is 1. The van der Waals surface area contributed by atoms with E-state index in [0.717, 1.165) is 25.6 Å². The number of nitrogens with one attached hydrogen (secondary N) is 1. The highest BCUT2D eigenvalue weighted by Crippen LogP contribution is 2.21. The highest BCUT2D eigenvalue weighted by molar-refractivity contribution is 6.07. The molecule has 1 amide bonds. The van der Waals surface area contributed by atoms with Crippen LogP contribution in [0.4, 0.5) is 11.4 Å². The maximum absolute atomic E-state index is 12.3. The van der Waals surface area contributed by atoms with Crippen LogP contribution >= 0.6 is 0 Å². The Hall–Kier alpha value is -2.73. The van der Waals surface area contributed by atoms with Crippen molar-refractivity contribution in [2.45, 2.75) is 26.3 Å². The van der Waals surface area contributed by atoms with Gasteiger partial charge in [0.25, 0.3) is 11.6 Å². The minimum atomic E-state index is -0.544. The summed E-state index contributed by atoms with van der Waals surface area (Å²) in [7, 11) is 0. The van der Waals surface area contributed by atoms with E-state index < -0.39 is 10.8 Å². The third-order valence-electron chi connectivity index (χ3n) is 4.84. The molecule has 2 aromatic carbocycles. The van der Waals surface area contributed by atoms with Crippen LogP contribution in [0.15, 0.2) is 48.5 Å². The average Bonchev–Trinajstić information content (AvgIpc) is 2.65. The fraction of sp³-hybridized carbons (Fsp3) is 0.350. The number of para-hydroxylation sites is 1. The largest absolute Gasteiger partial charge is 0.322 e. The number of hydrogen-bond acceptors (Lipinski definition) is 4. The molecule has 6 nitrogen and oxygen atoms in total. The van der Waals surface area contributed by atoms with Crippen LogP contribution in [-0.2, 0) is 6.54 Å². The molecule has 3 rings (SSSR count). The molecule has 6 heteroatoms. The normalized spacial score (nSPS) is 15.6. The zero-order valence-corrected chi connectivity index (χ0v) is 14.9. The maximum atomic E-state index is 12.3. The summed E-state index contributed by atoms with van der Waals surface area (Å²) in [5.74, 6) is 0.334. The van der Waals surface area contributed by atoms with Gasteiger partial charge in [0.1, 0.15) is 5.56 Å². The van der Waals surface area contributed by atoms with E-state index in [-0.39, 0.29) is 11.3 Å². The van der Waals surface area contributed by atoms with E-state index in [1.807, 2.05) is 24.3 Å². The van der Waals surface area contributed by atoms with E-state index in [1.165, 1.54) is 30.5 Å². The molecule has 136 valence electrons. The lowest BCUT2D eigenvalue weighted by molar-refractivity contribution is -0.385. The first-order valence-corrected chi connectivity index (χ1v) is 8.89. The molecule has 1 heterocycles. The van der Waals surface area contributed by atoms with E-state index in [4.69, 9.17) is 0 Å². The van der Waals surface area contributed by atoms with Crippen molar-refractivity contribution in [2.24, 2.45) is 5.92 Å². The molecule has 0 unspecified atom stereocenters. The quantitative estimate of drug-likeness (QED) is 0.649. The van der Waals surface area contributed by atoms with Gasteiger partial charge >= 0.3 is 0 Å². The number of likely N-dealkylation sites (tertiary alicyclic amines) is 1. The number of nitro benzene ring substituents is 1. The van der Waals surface area contributed by atoms with Crippen LogP contribution in [0.5, 0.6) is 0 Å². The lowest BCUT2D eigenvalue weighted by Gasteiger charge is -2.30. The Morgan fingerprint density at radius 3 is 2.46 bits per heavy atom. The van der Waals surface area contributed by atoms with Crippen LogP contribution in [0.3, 0.4) is 0 Å². The van der Waals surface area contributed by atoms with Crippen LogP contribution in [0.25, 0.3) is 0 Å². The Bertz CT molecular complexity index is 781. The highest BCUT2D eigenvalue weighted by atomic mass is 16.6. The summed E-state index contributed by atoms with van der Waals surface area (Å²) < 4.78 is 0. The Morgan fingerprint density at radius 1 is 1.15 bits per heavy atom. The number of carbonyl (C=O) groups excluding carboxylic acids is 1. The Labute approximate surface area is 153 Å². The van der Waals surface area contributed by atoms with Gasteiger partial charge in [-0.3, -0.25) is 19.8 Å². The minimum Gasteiger partial charge on any atom is -0.322 e. The van der Waals surface area contributed by atoms with Crippen molar-refractivity contribution in [1.29, 1.82) is 0 Å². The Morgan fingerprint density at radius 2 is 1.81 bits per heavy atom. The second kappa shape index (κ2) is 8.10. The SMILES string of the molecule is CC1CCN(Cc2ccc(NC(=O)c3ccccc3[N+](=O)[O-])cc2)CC1. The average molecular weight is 353 g/mol. The summed E-state index contributed by atoms with van der Waals surface area (Å²) in [4.78, 5) is 25.3. The van der Waals surface area contributed by atoms with Crippen LogP contribution < -0.4 is 5.32 Å². The fourth-order valence-corrected chi connectivity index (χ4v) is 3.20. The standard InChI is InChI=1S/C20H23N3O3/c1-15-10-12-22(13-11-15)14-16-6-8-17(9-7-16)21-20(24)18-4-2-3-5-19(18)23(25)26/h2-9,15H,10-14H2,1H3,(H,21,24). The van der Waals surface area contributed by atoms with E-state index in [0.29, 0.717) is 5.69 Å². The molecule has 0 aromatic heterocycles. The molecule has 1 saturated heterocycles. The smallest absolute Gasteiger partial charge is 0.282 e. The summed E-state index contributed by atoms with van der Waals surface area (Å²) in [6, 6.07) is 13.6. The van der Waals surface area contributed by atoms with Gasteiger partial charge in [-0.05, 0) is 55.6 Å². The van der Waals surface area contributed by atoms with Crippen LogP contribution in [0.1, 0.15) is 35.7 Å². The summed E-state index contributed by atoms with van der Waals surface area (Å²) in [6.45, 7) is 5.45. The number of anilines is 1. The molecule has 0 spiro atoms. The van der Waals surface area contributed by atoms with Gasteiger partial charge in [0.2, 0.25) is 0 Å². The van der Waals surface area contributed by atoms with Crippen molar-refractivity contribution in [2.75, 3.05) is 18.4 Å². The van der Waals surface area contributed by atoms with Gasteiger partial charge in [-0.15, -0.1) is 0 Å². The molecule has 0 aliphatic carbocycles. The number of benzene rings is 2. The fourth-order valence-electron chi connectivity index (χ4n) is 3.20. The number of rotatable bonds is 5. The summed E-state index contributed by atoms with van der Waals surface area (Å²) in [5, 5.41) is 13.8. The Kier molecular flexibility index (Phi) is 5.63. The lowest BCUT2D eigenvalue weighted by atomic mass is 9.99. The molecule has 0 bridgehead atoms. The van der Waals surface area contributed by atoms with Crippen LogP contribution in [0.2, 0.25) is 0 Å². The van der Waals surface area contributed by atoms with E-state index in [1.54, 1.807) is 12.1 Å². The maximum Gasteiger partial charge on any atom is 0.282 e. The second-order valence-corrected chi connectivity index (χ2v) is 6.88. The predicted octanol–water partition coefficient (Wildman–Crippen LogP) is 4.08. The van der Waals surface area contributed by atoms with Crippen molar-refractivity contribution < 1.29 is 9.72 Å². The summed E-state index contributed by atoms with van der Waals surface area (Å²) in [5.41, 5.74) is 1.69. The topological polar surface area (TPSA) is 75.5 Å². The van der Waals surface area contributed by atoms with Crippen LogP contribution in [0, 0.1) is 16.0 Å². The minimum absolute atomic E-state index is 0.0593. The predicted molar refractivity (Wildman–Crippen MR) is 101 cm³/mol. The number of amides is 1. The number of hydrogen-bond donors (Lipinski definition) is 1. The first-order valence-electron chi connectivity index (χ1n) is 8.89. The monoisotopic (exact) mass is 353 g/mol. The molecular weight excluding hydrogens is 330 g/mol. The van der Waals surface area contributed by atoms with Gasteiger partial charge in [-0.1, -0.05) is 31.2 Å². The van der Waals surface area contributed by atoms with Gasteiger partial charge in [0.15, 0.2) is 0 Å². The van der Waals surface area contributed by atoms with E-state index in [9.17, 15) is 14.9 Å². The van der Waals surface area contributed by atoms with Gasteiger partial charge in [0, 0.05) is 18.3 Å². The first kappa shape index (κ1) is 18.1. The van der Waals surface area contributed by atoms with Gasteiger partial charge in [-0.2, -0.15) is 0 Å². The third kappa shape index (κ3) is 4.46. The molecule has 0 saturated carbocycles. The molecule has 2 aromatic rings. The molecule has 0 radical (unpaired) electrons. The number of piperidine rings is 1. The van der Waals surface area contributed by atoms with Crippen molar-refractivity contribution in [3.8, 4) is 0 Å². The van der Waals surface area contributed by atoms with Gasteiger partial charge < -0.3 is 5.32 Å². The molecule has 1 fully saturated rings. The summed E-state index contributed by atoms with van der Waals surface area (Å²) >= 11 is 0. The first-order chi connectivity index (χ1) is 12.5. The molecule has 26 heavy (non-hydrogen) atoms. The highest BCUT2D eigenvalue weighted by Gasteiger charge is 2.19. The van der Waals surface area contributed by atoms with E-state index >= 15 is 0 Å². The van der Waals surface area contributed by atoms with Gasteiger partial charge in [-0.25, -0.2) is 0 Å². The van der Waals surface area contributed by atoms with Crippen LogP contribution in [-0.4, -0.2) is 28.8 Å². The second-order valence-electron chi connectivity index (χ2n) is 6.88. The van der Waals surface area contributed by atoms with Crippen molar-refractivity contribution in [1.82, 2.24) is 4.90 Å². The van der Waals surface area contributed by atoms with E-state index in [2.05, 4.69) is 17.1 Å².